The molecule has 1 aliphatic carbocycles. The first-order chi connectivity index (χ1) is 13.8. The van der Waals surface area contributed by atoms with Gasteiger partial charge in [0, 0.05) is 19.2 Å². The molecule has 2 heterocycles. The van der Waals surface area contributed by atoms with E-state index in [0.717, 1.165) is 38.5 Å². The molecular weight excluding hydrogens is 376 g/mol. The number of hydrogen-bond donors (Lipinski definition) is 3. The second kappa shape index (κ2) is 9.11. The Morgan fingerprint density at radius 3 is 2.48 bits per heavy atom. The van der Waals surface area contributed by atoms with Gasteiger partial charge in [0.2, 0.25) is 11.8 Å². The molecule has 0 spiro atoms. The van der Waals surface area contributed by atoms with E-state index in [1.807, 2.05) is 6.92 Å². The first kappa shape index (κ1) is 21.5. The lowest BCUT2D eigenvalue weighted by Crippen LogP contribution is -2.61. The first-order valence-electron chi connectivity index (χ1n) is 10.7. The van der Waals surface area contributed by atoms with Crippen LogP contribution in [0, 0.1) is 0 Å². The summed E-state index contributed by atoms with van der Waals surface area (Å²) in [6, 6.07) is -1.37. The van der Waals surface area contributed by atoms with Gasteiger partial charge in [-0.25, -0.2) is 4.79 Å². The van der Waals surface area contributed by atoms with Gasteiger partial charge in [-0.05, 0) is 39.0 Å². The van der Waals surface area contributed by atoms with Crippen molar-refractivity contribution < 1.29 is 23.9 Å². The molecule has 3 fully saturated rings. The molecular formula is C20H32N4O5. The van der Waals surface area contributed by atoms with E-state index in [1.54, 1.807) is 11.8 Å². The molecule has 0 bridgehead atoms. The molecule has 0 aromatic carbocycles. The second-order valence-electron chi connectivity index (χ2n) is 8.44. The van der Waals surface area contributed by atoms with E-state index in [-0.39, 0.29) is 30.4 Å². The smallest absolute Gasteiger partial charge is 0.322 e. The van der Waals surface area contributed by atoms with Crippen molar-refractivity contribution in [1.82, 2.24) is 20.9 Å². The monoisotopic (exact) mass is 408 g/mol. The lowest BCUT2D eigenvalue weighted by Gasteiger charge is -2.41. The molecule has 29 heavy (non-hydrogen) atoms. The van der Waals surface area contributed by atoms with Crippen LogP contribution < -0.4 is 16.0 Å². The van der Waals surface area contributed by atoms with Crippen molar-refractivity contribution >= 4 is 23.8 Å². The quantitative estimate of drug-likeness (QED) is 0.514. The van der Waals surface area contributed by atoms with E-state index < -0.39 is 23.5 Å². The van der Waals surface area contributed by atoms with Crippen molar-refractivity contribution in [1.29, 1.82) is 0 Å². The molecule has 9 heteroatoms. The number of amides is 5. The molecule has 0 radical (unpaired) electrons. The van der Waals surface area contributed by atoms with Crippen LogP contribution in [0.5, 0.6) is 0 Å². The fourth-order valence-electron chi connectivity index (χ4n) is 4.34. The van der Waals surface area contributed by atoms with Crippen LogP contribution in [-0.2, 0) is 19.1 Å². The Balaban J connectivity index is 1.77. The normalized spacial score (nSPS) is 26.7. The Morgan fingerprint density at radius 1 is 1.21 bits per heavy atom. The zero-order valence-electron chi connectivity index (χ0n) is 17.3. The summed E-state index contributed by atoms with van der Waals surface area (Å²) in [5.41, 5.74) is -1.05. The number of carbonyl (C=O) groups is 4. The van der Waals surface area contributed by atoms with Crippen molar-refractivity contribution in [3.63, 3.8) is 0 Å². The maximum Gasteiger partial charge on any atom is 0.322 e. The summed E-state index contributed by atoms with van der Waals surface area (Å²) in [6.07, 6.45) is 5.99. The van der Waals surface area contributed by atoms with Gasteiger partial charge in [0.1, 0.15) is 11.6 Å². The summed E-state index contributed by atoms with van der Waals surface area (Å²) >= 11 is 0. The molecule has 5 amide bonds. The van der Waals surface area contributed by atoms with Gasteiger partial charge in [-0.15, -0.1) is 0 Å². The van der Waals surface area contributed by atoms with Crippen LogP contribution in [0.25, 0.3) is 0 Å². The highest BCUT2D eigenvalue weighted by Crippen LogP contribution is 2.27. The van der Waals surface area contributed by atoms with E-state index in [1.165, 1.54) is 0 Å². The maximum absolute atomic E-state index is 13.2. The molecule has 3 aliphatic rings. The van der Waals surface area contributed by atoms with E-state index in [2.05, 4.69) is 16.0 Å². The molecule has 3 atom stereocenters. The largest absolute Gasteiger partial charge is 0.376 e. The van der Waals surface area contributed by atoms with Crippen molar-refractivity contribution in [2.45, 2.75) is 88.9 Å². The Labute approximate surface area is 171 Å². The summed E-state index contributed by atoms with van der Waals surface area (Å²) in [5, 5.41) is 7.72. The molecule has 2 saturated heterocycles. The number of nitrogens with one attached hydrogen (secondary N) is 3. The molecule has 0 aromatic rings. The molecule has 162 valence electrons. The van der Waals surface area contributed by atoms with Crippen LogP contribution >= 0.6 is 0 Å². The third-order valence-corrected chi connectivity index (χ3v) is 6.41. The van der Waals surface area contributed by atoms with Gasteiger partial charge in [-0.2, -0.15) is 0 Å². The molecule has 3 N–H and O–H groups in total. The van der Waals surface area contributed by atoms with Crippen LogP contribution in [0.1, 0.15) is 65.2 Å². The predicted octanol–water partition coefficient (Wildman–Crippen LogP) is 0.820. The molecule has 9 nitrogen and oxygen atoms in total. The minimum absolute atomic E-state index is 0.129. The summed E-state index contributed by atoms with van der Waals surface area (Å²) < 4.78 is 5.72. The highest BCUT2D eigenvalue weighted by atomic mass is 16.5. The van der Waals surface area contributed by atoms with Crippen molar-refractivity contribution in [3.05, 3.63) is 0 Å². The topological polar surface area (TPSA) is 117 Å². The maximum atomic E-state index is 13.2. The lowest BCUT2D eigenvalue weighted by molar-refractivity contribution is -0.150. The molecule has 0 unspecified atom stereocenters. The second-order valence-corrected chi connectivity index (χ2v) is 8.44. The highest BCUT2D eigenvalue weighted by molar-refractivity contribution is 6.06. The van der Waals surface area contributed by atoms with Crippen LogP contribution in [0.3, 0.4) is 0 Å². The predicted molar refractivity (Wildman–Crippen MR) is 105 cm³/mol. The van der Waals surface area contributed by atoms with Gasteiger partial charge in [0.15, 0.2) is 0 Å². The number of ether oxygens (including phenoxy) is 1. The Kier molecular flexibility index (Phi) is 6.77. The highest BCUT2D eigenvalue weighted by Gasteiger charge is 2.44. The minimum Gasteiger partial charge on any atom is -0.376 e. The third-order valence-electron chi connectivity index (χ3n) is 6.41. The average Bonchev–Trinajstić information content (AvgIpc) is 3.43. The van der Waals surface area contributed by atoms with Crippen molar-refractivity contribution in [2.24, 2.45) is 0 Å². The number of carbonyl (C=O) groups excluding carboxylic acids is 4. The Bertz CT molecular complexity index is 657. The molecule has 2 aliphatic heterocycles. The SMILES string of the molecule is CC[C@@](C)(C(=O)NC1CCCC1)N(C[C@H]1CCCO1)C(=O)C[C@H]1NC(=O)NC1=O. The Morgan fingerprint density at radius 2 is 1.93 bits per heavy atom. The fraction of sp³-hybridized carbons (Fsp3) is 0.800. The van der Waals surface area contributed by atoms with Crippen LogP contribution in [0.2, 0.25) is 0 Å². The van der Waals surface area contributed by atoms with E-state index in [4.69, 9.17) is 4.74 Å². The zero-order chi connectivity index (χ0) is 21.0. The Hall–Kier alpha value is -2.16. The first-order valence-corrected chi connectivity index (χ1v) is 10.7. The van der Waals surface area contributed by atoms with Gasteiger partial charge < -0.3 is 20.3 Å². The van der Waals surface area contributed by atoms with Gasteiger partial charge in [0.25, 0.3) is 5.91 Å². The van der Waals surface area contributed by atoms with Crippen molar-refractivity contribution in [3.8, 4) is 0 Å². The summed E-state index contributed by atoms with van der Waals surface area (Å²) in [4.78, 5) is 51.3. The number of nitrogens with zero attached hydrogens (tertiary/aromatic N) is 1. The standard InChI is InChI=1S/C20H32N4O5/c1-3-20(2,18(27)21-13-7-4-5-8-13)24(12-14-9-6-10-29-14)16(25)11-15-17(26)23-19(28)22-15/h13-15H,3-12H2,1-2H3,(H,21,27)(H2,22,23,26,28)/t14-,15-,20+/m1/s1. The van der Waals surface area contributed by atoms with Gasteiger partial charge in [-0.3, -0.25) is 19.7 Å². The fourth-order valence-corrected chi connectivity index (χ4v) is 4.34. The van der Waals surface area contributed by atoms with E-state index >= 15 is 0 Å². The molecule has 3 rings (SSSR count). The van der Waals surface area contributed by atoms with Crippen LogP contribution in [-0.4, -0.2) is 65.5 Å². The molecule has 1 saturated carbocycles. The minimum atomic E-state index is -1.05. The number of urea groups is 1. The van der Waals surface area contributed by atoms with Crippen LogP contribution in [0.4, 0.5) is 4.79 Å². The molecule has 0 aromatic heterocycles. The van der Waals surface area contributed by atoms with Gasteiger partial charge in [-0.1, -0.05) is 19.8 Å². The summed E-state index contributed by atoms with van der Waals surface area (Å²) in [7, 11) is 0. The average molecular weight is 408 g/mol. The van der Waals surface area contributed by atoms with Gasteiger partial charge in [0.05, 0.1) is 12.5 Å². The van der Waals surface area contributed by atoms with E-state index in [9.17, 15) is 19.2 Å². The van der Waals surface area contributed by atoms with Crippen LogP contribution in [0.15, 0.2) is 0 Å². The number of rotatable bonds is 8. The number of imide groups is 1. The lowest BCUT2D eigenvalue weighted by atomic mass is 9.92. The summed E-state index contributed by atoms with van der Waals surface area (Å²) in [5.74, 6) is -1.03. The zero-order valence-corrected chi connectivity index (χ0v) is 17.3. The van der Waals surface area contributed by atoms with Crippen molar-refractivity contribution in [2.75, 3.05) is 13.2 Å². The number of hydrogen-bond acceptors (Lipinski definition) is 5. The summed E-state index contributed by atoms with van der Waals surface area (Å²) in [6.45, 7) is 4.60. The van der Waals surface area contributed by atoms with Gasteiger partial charge >= 0.3 is 6.03 Å². The third kappa shape index (κ3) is 4.88. The van der Waals surface area contributed by atoms with E-state index in [0.29, 0.717) is 19.6 Å².